The van der Waals surface area contributed by atoms with E-state index in [0.717, 1.165) is 17.4 Å². The number of anilines is 2. The summed E-state index contributed by atoms with van der Waals surface area (Å²) in [5, 5.41) is 4.25. The van der Waals surface area contributed by atoms with Crippen LogP contribution in [0.2, 0.25) is 0 Å². The summed E-state index contributed by atoms with van der Waals surface area (Å²) < 4.78 is 14.0. The Kier molecular flexibility index (Phi) is 5.31. The fourth-order valence-electron chi connectivity index (χ4n) is 2.39. The molecule has 1 heterocycles. The number of para-hydroxylation sites is 1. The average Bonchev–Trinajstić information content (AvgIpc) is 2.84. The van der Waals surface area contributed by atoms with Gasteiger partial charge in [0.05, 0.1) is 11.4 Å². The van der Waals surface area contributed by atoms with Crippen LogP contribution in [0.5, 0.6) is 0 Å². The third-order valence-corrected chi connectivity index (χ3v) is 4.78. The lowest BCUT2D eigenvalue weighted by Gasteiger charge is -2.20. The summed E-state index contributed by atoms with van der Waals surface area (Å²) in [6, 6.07) is 7.10. The van der Waals surface area contributed by atoms with Gasteiger partial charge in [-0.1, -0.05) is 30.4 Å². The average molecular weight is 307 g/mol. The molecule has 0 aliphatic rings. The molecule has 1 atom stereocenters. The number of thiazole rings is 1. The summed E-state index contributed by atoms with van der Waals surface area (Å²) >= 11 is 1.63. The summed E-state index contributed by atoms with van der Waals surface area (Å²) in [6.45, 7) is 9.84. The molecule has 1 aromatic heterocycles. The maximum atomic E-state index is 14.0. The second-order valence-corrected chi connectivity index (χ2v) is 5.93. The van der Waals surface area contributed by atoms with Crippen molar-refractivity contribution < 1.29 is 4.39 Å². The highest BCUT2D eigenvalue weighted by Crippen LogP contribution is 2.35. The van der Waals surface area contributed by atoms with E-state index in [1.165, 1.54) is 10.9 Å². The van der Waals surface area contributed by atoms with Gasteiger partial charge in [-0.15, -0.1) is 0 Å². The van der Waals surface area contributed by atoms with Gasteiger partial charge in [0, 0.05) is 17.5 Å². The van der Waals surface area contributed by atoms with Crippen molar-refractivity contribution in [3.8, 4) is 0 Å². The summed E-state index contributed by atoms with van der Waals surface area (Å²) in [6.07, 6.45) is 0. The van der Waals surface area contributed by atoms with Crippen LogP contribution in [-0.4, -0.2) is 18.1 Å². The van der Waals surface area contributed by atoms with E-state index in [2.05, 4.69) is 24.1 Å². The van der Waals surface area contributed by atoms with Crippen LogP contribution in [-0.2, 0) is 0 Å². The van der Waals surface area contributed by atoms with Gasteiger partial charge in [-0.25, -0.2) is 9.37 Å². The third kappa shape index (κ3) is 3.41. The van der Waals surface area contributed by atoms with Crippen LogP contribution in [0.25, 0.3) is 0 Å². The maximum Gasteiger partial charge on any atom is 0.190 e. The first-order chi connectivity index (χ1) is 10.1. The van der Waals surface area contributed by atoms with Gasteiger partial charge in [0.25, 0.3) is 0 Å². The van der Waals surface area contributed by atoms with Crippen LogP contribution in [0.1, 0.15) is 37.4 Å². The number of halogens is 1. The van der Waals surface area contributed by atoms with E-state index >= 15 is 0 Å². The van der Waals surface area contributed by atoms with Gasteiger partial charge >= 0.3 is 0 Å². The Balaban J connectivity index is 2.36. The molecule has 0 spiro atoms. The number of rotatable bonds is 6. The smallest absolute Gasteiger partial charge is 0.190 e. The van der Waals surface area contributed by atoms with Crippen LogP contribution >= 0.6 is 11.3 Å². The standard InChI is InChI=1S/C16H22FN3S/c1-5-18-11(3)15-12(4)19-16(21-15)20(6-2)14-10-8-7-9-13(14)17/h7-11,18H,5-6H2,1-4H3. The Labute approximate surface area is 129 Å². The summed E-state index contributed by atoms with van der Waals surface area (Å²) in [7, 11) is 0. The van der Waals surface area contributed by atoms with E-state index < -0.39 is 0 Å². The van der Waals surface area contributed by atoms with Gasteiger partial charge in [0.1, 0.15) is 5.82 Å². The van der Waals surface area contributed by atoms with Crippen molar-refractivity contribution in [2.75, 3.05) is 18.0 Å². The first kappa shape index (κ1) is 15.9. The molecule has 2 rings (SSSR count). The fraction of sp³-hybridized carbons (Fsp3) is 0.438. The molecular formula is C16H22FN3S. The number of benzene rings is 1. The zero-order valence-corrected chi connectivity index (χ0v) is 13.8. The minimum atomic E-state index is -0.214. The van der Waals surface area contributed by atoms with E-state index in [1.807, 2.05) is 24.8 Å². The van der Waals surface area contributed by atoms with Gasteiger partial charge in [-0.2, -0.15) is 0 Å². The maximum absolute atomic E-state index is 14.0. The lowest BCUT2D eigenvalue weighted by atomic mass is 10.2. The summed E-state index contributed by atoms with van der Waals surface area (Å²) in [4.78, 5) is 7.78. The minimum Gasteiger partial charge on any atom is -0.315 e. The van der Waals surface area contributed by atoms with Crippen LogP contribution in [0.15, 0.2) is 24.3 Å². The number of hydrogen-bond acceptors (Lipinski definition) is 4. The Morgan fingerprint density at radius 2 is 2.05 bits per heavy atom. The van der Waals surface area contributed by atoms with Gasteiger partial charge in [-0.05, 0) is 39.4 Å². The zero-order valence-electron chi connectivity index (χ0n) is 13.0. The second kappa shape index (κ2) is 7.00. The van der Waals surface area contributed by atoms with Crippen molar-refractivity contribution in [1.82, 2.24) is 10.3 Å². The third-order valence-electron chi connectivity index (χ3n) is 3.42. The first-order valence-electron chi connectivity index (χ1n) is 7.31. The van der Waals surface area contributed by atoms with Gasteiger partial charge in [0.15, 0.2) is 5.13 Å². The molecule has 0 bridgehead atoms. The Morgan fingerprint density at radius 3 is 2.67 bits per heavy atom. The molecule has 2 aromatic rings. The molecule has 3 nitrogen and oxygen atoms in total. The number of hydrogen-bond donors (Lipinski definition) is 1. The van der Waals surface area contributed by atoms with Crippen LogP contribution < -0.4 is 10.2 Å². The molecule has 0 radical (unpaired) electrons. The van der Waals surface area contributed by atoms with Crippen LogP contribution in [0.4, 0.5) is 15.2 Å². The SMILES string of the molecule is CCNC(C)c1sc(N(CC)c2ccccc2F)nc1C. The quantitative estimate of drug-likeness (QED) is 0.856. The van der Waals surface area contributed by atoms with Crippen molar-refractivity contribution in [3.63, 3.8) is 0 Å². The molecule has 0 saturated carbocycles. The Bertz CT molecular complexity index is 597. The highest BCUT2D eigenvalue weighted by Gasteiger charge is 2.19. The lowest BCUT2D eigenvalue weighted by molar-refractivity contribution is 0.603. The van der Waals surface area contributed by atoms with Crippen molar-refractivity contribution in [2.24, 2.45) is 0 Å². The normalized spacial score (nSPS) is 12.4. The van der Waals surface area contributed by atoms with Gasteiger partial charge < -0.3 is 10.2 Å². The number of nitrogens with zero attached hydrogens (tertiary/aromatic N) is 2. The molecule has 1 unspecified atom stereocenters. The fourth-order valence-corrected chi connectivity index (χ4v) is 3.56. The number of aryl methyl sites for hydroxylation is 1. The predicted molar refractivity (Wildman–Crippen MR) is 88.0 cm³/mol. The lowest BCUT2D eigenvalue weighted by Crippen LogP contribution is -2.17. The van der Waals surface area contributed by atoms with Crippen LogP contribution in [0.3, 0.4) is 0 Å². The molecule has 0 aliphatic heterocycles. The minimum absolute atomic E-state index is 0.214. The number of nitrogens with one attached hydrogen (secondary N) is 1. The van der Waals surface area contributed by atoms with Crippen LogP contribution in [0, 0.1) is 12.7 Å². The zero-order chi connectivity index (χ0) is 15.4. The molecule has 5 heteroatoms. The van der Waals surface area contributed by atoms with E-state index in [9.17, 15) is 4.39 Å². The molecule has 0 saturated heterocycles. The van der Waals surface area contributed by atoms with E-state index in [-0.39, 0.29) is 11.9 Å². The Hall–Kier alpha value is -1.46. The van der Waals surface area contributed by atoms with E-state index in [4.69, 9.17) is 0 Å². The molecule has 1 aromatic carbocycles. The van der Waals surface area contributed by atoms with Crippen molar-refractivity contribution in [2.45, 2.75) is 33.7 Å². The van der Waals surface area contributed by atoms with Gasteiger partial charge in [0.2, 0.25) is 0 Å². The van der Waals surface area contributed by atoms with Crippen molar-refractivity contribution in [3.05, 3.63) is 40.7 Å². The summed E-state index contributed by atoms with van der Waals surface area (Å²) in [5.41, 5.74) is 1.59. The van der Waals surface area contributed by atoms with E-state index in [1.54, 1.807) is 23.5 Å². The second-order valence-electron chi connectivity index (χ2n) is 4.92. The predicted octanol–water partition coefficient (Wildman–Crippen LogP) is 4.42. The Morgan fingerprint density at radius 1 is 1.33 bits per heavy atom. The topological polar surface area (TPSA) is 28.2 Å². The first-order valence-corrected chi connectivity index (χ1v) is 8.12. The molecule has 114 valence electrons. The monoisotopic (exact) mass is 307 g/mol. The molecule has 0 amide bonds. The molecule has 0 fully saturated rings. The highest BCUT2D eigenvalue weighted by molar-refractivity contribution is 7.15. The van der Waals surface area contributed by atoms with E-state index in [0.29, 0.717) is 12.2 Å². The molecule has 1 N–H and O–H groups in total. The summed E-state index contributed by atoms with van der Waals surface area (Å²) in [5.74, 6) is -0.214. The largest absolute Gasteiger partial charge is 0.315 e. The number of aromatic nitrogens is 1. The van der Waals surface area contributed by atoms with Gasteiger partial charge in [-0.3, -0.25) is 0 Å². The van der Waals surface area contributed by atoms with Crippen molar-refractivity contribution in [1.29, 1.82) is 0 Å². The van der Waals surface area contributed by atoms with Crippen molar-refractivity contribution >= 4 is 22.2 Å². The highest BCUT2D eigenvalue weighted by atomic mass is 32.1. The molecule has 0 aliphatic carbocycles. The molecular weight excluding hydrogens is 285 g/mol. The molecule has 21 heavy (non-hydrogen) atoms.